The lowest BCUT2D eigenvalue weighted by Crippen LogP contribution is -2.17. The van der Waals surface area contributed by atoms with Crippen LogP contribution in [0, 0.1) is 12.7 Å². The minimum Gasteiger partial charge on any atom is -0.326 e. The van der Waals surface area contributed by atoms with E-state index in [0.717, 1.165) is 5.56 Å². The standard InChI is InChI=1S/C20H19ClFN5O2S/c1-12-3-4-13(21)9-16(12)24-19(29)11-30-20-26-25-17(27(20)2)10-18(28)23-15-7-5-14(22)6-8-15/h3-9H,10-11H2,1-2H3,(H,23,28)(H,24,29). The van der Waals surface area contributed by atoms with Gasteiger partial charge in [0.05, 0.1) is 12.2 Å². The summed E-state index contributed by atoms with van der Waals surface area (Å²) in [5.41, 5.74) is 2.06. The van der Waals surface area contributed by atoms with Crippen molar-refractivity contribution >= 4 is 46.6 Å². The number of nitrogens with one attached hydrogen (secondary N) is 2. The van der Waals surface area contributed by atoms with Gasteiger partial charge in [-0.25, -0.2) is 4.39 Å². The van der Waals surface area contributed by atoms with Crippen molar-refractivity contribution < 1.29 is 14.0 Å². The van der Waals surface area contributed by atoms with E-state index in [9.17, 15) is 14.0 Å². The highest BCUT2D eigenvalue weighted by Crippen LogP contribution is 2.21. The average molecular weight is 448 g/mol. The zero-order valence-electron chi connectivity index (χ0n) is 16.3. The lowest BCUT2D eigenvalue weighted by molar-refractivity contribution is -0.116. The van der Waals surface area contributed by atoms with Gasteiger partial charge in [0.2, 0.25) is 11.8 Å². The molecule has 0 radical (unpaired) electrons. The molecular formula is C20H19ClFN5O2S. The Morgan fingerprint density at radius 1 is 1.10 bits per heavy atom. The van der Waals surface area contributed by atoms with Crippen molar-refractivity contribution in [3.8, 4) is 0 Å². The first-order valence-electron chi connectivity index (χ1n) is 8.94. The van der Waals surface area contributed by atoms with Crippen LogP contribution in [0.25, 0.3) is 0 Å². The van der Waals surface area contributed by atoms with E-state index < -0.39 is 0 Å². The maximum atomic E-state index is 12.9. The van der Waals surface area contributed by atoms with E-state index in [1.807, 2.05) is 13.0 Å². The molecule has 3 rings (SSSR count). The van der Waals surface area contributed by atoms with Crippen molar-refractivity contribution in [3.05, 3.63) is 64.7 Å². The van der Waals surface area contributed by atoms with Gasteiger partial charge >= 0.3 is 0 Å². The van der Waals surface area contributed by atoms with Crippen LogP contribution in [-0.2, 0) is 23.1 Å². The summed E-state index contributed by atoms with van der Waals surface area (Å²) in [7, 11) is 1.72. The first kappa shape index (κ1) is 21.8. The lowest BCUT2D eigenvalue weighted by atomic mass is 10.2. The number of rotatable bonds is 7. The third-order valence-electron chi connectivity index (χ3n) is 4.18. The summed E-state index contributed by atoms with van der Waals surface area (Å²) < 4.78 is 14.6. The van der Waals surface area contributed by atoms with E-state index in [-0.39, 0.29) is 29.8 Å². The Hall–Kier alpha value is -2.91. The Morgan fingerprint density at radius 3 is 2.57 bits per heavy atom. The van der Waals surface area contributed by atoms with Gasteiger partial charge < -0.3 is 15.2 Å². The number of benzene rings is 2. The third kappa shape index (κ3) is 5.80. The van der Waals surface area contributed by atoms with E-state index in [1.165, 1.54) is 36.0 Å². The van der Waals surface area contributed by atoms with Crippen LogP contribution >= 0.6 is 23.4 Å². The summed E-state index contributed by atoms with van der Waals surface area (Å²) in [5.74, 6) is -0.313. The molecule has 0 aliphatic heterocycles. The van der Waals surface area contributed by atoms with Gasteiger partial charge in [-0.2, -0.15) is 0 Å². The van der Waals surface area contributed by atoms with Gasteiger partial charge in [0.1, 0.15) is 11.6 Å². The van der Waals surface area contributed by atoms with Gasteiger partial charge in [-0.05, 0) is 48.9 Å². The number of halogens is 2. The minimum absolute atomic E-state index is 0.00462. The van der Waals surface area contributed by atoms with Crippen LogP contribution in [0.2, 0.25) is 5.02 Å². The van der Waals surface area contributed by atoms with Crippen LogP contribution in [0.4, 0.5) is 15.8 Å². The lowest BCUT2D eigenvalue weighted by Gasteiger charge is -2.09. The summed E-state index contributed by atoms with van der Waals surface area (Å²) in [6.07, 6.45) is -0.00462. The number of amides is 2. The molecule has 2 amide bonds. The molecule has 0 fully saturated rings. The number of hydrogen-bond acceptors (Lipinski definition) is 5. The Labute approximate surface area is 182 Å². The van der Waals surface area contributed by atoms with Crippen LogP contribution in [-0.4, -0.2) is 32.3 Å². The second-order valence-electron chi connectivity index (χ2n) is 6.49. The van der Waals surface area contributed by atoms with E-state index >= 15 is 0 Å². The van der Waals surface area contributed by atoms with Gasteiger partial charge in [-0.3, -0.25) is 9.59 Å². The van der Waals surface area contributed by atoms with Gasteiger partial charge in [0.25, 0.3) is 0 Å². The molecule has 0 bridgehead atoms. The number of hydrogen-bond donors (Lipinski definition) is 2. The van der Waals surface area contributed by atoms with E-state index in [2.05, 4.69) is 20.8 Å². The molecule has 0 saturated carbocycles. The zero-order valence-corrected chi connectivity index (χ0v) is 17.9. The summed E-state index contributed by atoms with van der Waals surface area (Å²) in [6, 6.07) is 10.8. The summed E-state index contributed by atoms with van der Waals surface area (Å²) >= 11 is 7.18. The van der Waals surface area contributed by atoms with Crippen molar-refractivity contribution in [1.29, 1.82) is 0 Å². The molecule has 0 aliphatic rings. The Kier molecular flexibility index (Phi) is 7.07. The Bertz CT molecular complexity index is 1070. The number of aryl methyl sites for hydroxylation is 1. The van der Waals surface area contributed by atoms with Crippen LogP contribution < -0.4 is 10.6 Å². The second kappa shape index (κ2) is 9.73. The summed E-state index contributed by atoms with van der Waals surface area (Å²) in [5, 5.41) is 14.6. The SMILES string of the molecule is Cc1ccc(Cl)cc1NC(=O)CSc1nnc(CC(=O)Nc2ccc(F)cc2)n1C. The quantitative estimate of drug-likeness (QED) is 0.537. The molecule has 2 aromatic carbocycles. The first-order chi connectivity index (χ1) is 14.3. The molecule has 1 aromatic heterocycles. The third-order valence-corrected chi connectivity index (χ3v) is 5.43. The maximum Gasteiger partial charge on any atom is 0.234 e. The molecular weight excluding hydrogens is 429 g/mol. The van der Waals surface area contributed by atoms with Crippen LogP contribution in [0.3, 0.4) is 0 Å². The molecule has 30 heavy (non-hydrogen) atoms. The number of nitrogens with zero attached hydrogens (tertiary/aromatic N) is 3. The topological polar surface area (TPSA) is 88.9 Å². The summed E-state index contributed by atoms with van der Waals surface area (Å²) in [4.78, 5) is 24.4. The maximum absolute atomic E-state index is 12.9. The zero-order chi connectivity index (χ0) is 21.7. The van der Waals surface area contributed by atoms with Crippen LogP contribution in [0.15, 0.2) is 47.6 Å². The molecule has 3 aromatic rings. The number of carbonyl (C=O) groups is 2. The Balaban J connectivity index is 1.54. The van der Waals surface area contributed by atoms with Crippen molar-refractivity contribution in [3.63, 3.8) is 0 Å². The molecule has 2 N–H and O–H groups in total. The molecule has 0 aliphatic carbocycles. The first-order valence-corrected chi connectivity index (χ1v) is 10.3. The predicted molar refractivity (Wildman–Crippen MR) is 115 cm³/mol. The smallest absolute Gasteiger partial charge is 0.234 e. The van der Waals surface area contributed by atoms with Crippen LogP contribution in [0.1, 0.15) is 11.4 Å². The highest BCUT2D eigenvalue weighted by atomic mass is 35.5. The Morgan fingerprint density at radius 2 is 1.83 bits per heavy atom. The molecule has 0 atom stereocenters. The van der Waals surface area contributed by atoms with Crippen molar-refractivity contribution in [2.75, 3.05) is 16.4 Å². The molecule has 10 heteroatoms. The van der Waals surface area contributed by atoms with Gasteiger partial charge in [0, 0.05) is 23.4 Å². The monoisotopic (exact) mass is 447 g/mol. The normalized spacial score (nSPS) is 10.7. The average Bonchev–Trinajstić information content (AvgIpc) is 3.04. The number of anilines is 2. The van der Waals surface area contributed by atoms with Crippen molar-refractivity contribution in [1.82, 2.24) is 14.8 Å². The molecule has 0 saturated heterocycles. The molecule has 0 unspecified atom stereocenters. The highest BCUT2D eigenvalue weighted by molar-refractivity contribution is 7.99. The van der Waals surface area contributed by atoms with Gasteiger partial charge in [0.15, 0.2) is 5.16 Å². The molecule has 7 nitrogen and oxygen atoms in total. The molecule has 156 valence electrons. The van der Waals surface area contributed by atoms with Crippen molar-refractivity contribution in [2.45, 2.75) is 18.5 Å². The van der Waals surface area contributed by atoms with E-state index in [1.54, 1.807) is 23.7 Å². The fourth-order valence-corrected chi connectivity index (χ4v) is 3.45. The van der Waals surface area contributed by atoms with Crippen LogP contribution in [0.5, 0.6) is 0 Å². The van der Waals surface area contributed by atoms with E-state index in [0.29, 0.717) is 27.4 Å². The number of carbonyl (C=O) groups excluding carboxylic acids is 2. The fourth-order valence-electron chi connectivity index (χ4n) is 2.55. The second-order valence-corrected chi connectivity index (χ2v) is 7.86. The van der Waals surface area contributed by atoms with Gasteiger partial charge in [-0.1, -0.05) is 29.4 Å². The molecule has 0 spiro atoms. The minimum atomic E-state index is -0.377. The predicted octanol–water partition coefficient (Wildman–Crippen LogP) is 3.83. The number of thioether (sulfide) groups is 1. The number of aromatic nitrogens is 3. The van der Waals surface area contributed by atoms with Crippen molar-refractivity contribution in [2.24, 2.45) is 7.05 Å². The van der Waals surface area contributed by atoms with E-state index in [4.69, 9.17) is 11.6 Å². The highest BCUT2D eigenvalue weighted by Gasteiger charge is 2.15. The summed E-state index contributed by atoms with van der Waals surface area (Å²) in [6.45, 7) is 1.88. The largest absolute Gasteiger partial charge is 0.326 e. The van der Waals surface area contributed by atoms with Gasteiger partial charge in [-0.15, -0.1) is 10.2 Å². The molecule has 1 heterocycles. The fraction of sp³-hybridized carbons (Fsp3) is 0.200.